The summed E-state index contributed by atoms with van der Waals surface area (Å²) >= 11 is 0. The fraction of sp³-hybridized carbons (Fsp3) is 0.556. The Bertz CT molecular complexity index is 728. The number of primary amides is 1. The number of amides is 1. The molecule has 2 heterocycles. The van der Waals surface area contributed by atoms with Gasteiger partial charge in [0.2, 0.25) is 0 Å². The summed E-state index contributed by atoms with van der Waals surface area (Å²) in [5.74, 6) is 1.33. The Morgan fingerprint density at radius 1 is 1.25 bits per heavy atom. The van der Waals surface area contributed by atoms with Gasteiger partial charge in [-0.05, 0) is 31.5 Å². The van der Waals surface area contributed by atoms with E-state index in [2.05, 4.69) is 36.8 Å². The first kappa shape index (κ1) is 16.8. The zero-order chi connectivity index (χ0) is 17.3. The summed E-state index contributed by atoms with van der Waals surface area (Å²) in [7, 11) is 2.14. The topological polar surface area (TPSA) is 67.4 Å². The van der Waals surface area contributed by atoms with Gasteiger partial charge in [-0.15, -0.1) is 0 Å². The van der Waals surface area contributed by atoms with Gasteiger partial charge in [0.1, 0.15) is 11.3 Å². The van der Waals surface area contributed by atoms with Crippen molar-refractivity contribution in [3.05, 3.63) is 24.0 Å². The van der Waals surface area contributed by atoms with E-state index in [4.69, 9.17) is 10.7 Å². The third kappa shape index (κ3) is 3.24. The largest absolute Gasteiger partial charge is 0.367 e. The molecule has 130 valence electrons. The summed E-state index contributed by atoms with van der Waals surface area (Å²) in [6.07, 6.45) is 1.75. The molecule has 1 amide bonds. The third-order valence-electron chi connectivity index (χ3n) is 4.74. The van der Waals surface area contributed by atoms with Gasteiger partial charge >= 0.3 is 6.03 Å². The highest BCUT2D eigenvalue weighted by molar-refractivity contribution is 5.95. The van der Waals surface area contributed by atoms with Crippen LogP contribution in [0.5, 0.6) is 0 Å². The number of aromatic nitrogens is 2. The summed E-state index contributed by atoms with van der Waals surface area (Å²) in [6.45, 7) is 8.36. The second-order valence-corrected chi connectivity index (χ2v) is 7.07. The standard InChI is InChI=1S/C18H27N5O/c1-13(2)7-8-16-20-17-14(22-11-9-21(3)10-12-22)5-4-6-15(17)23(16)18(19)24/h4-6,13H,7-12H2,1-3H3,(H2,19,24). The molecule has 1 aromatic carbocycles. The number of likely N-dealkylation sites (N-methyl/N-ethyl adjacent to an activating group) is 1. The molecule has 6 nitrogen and oxygen atoms in total. The maximum atomic E-state index is 12.0. The normalized spacial score (nSPS) is 16.2. The van der Waals surface area contributed by atoms with Crippen molar-refractivity contribution in [3.63, 3.8) is 0 Å². The number of piperazine rings is 1. The number of nitrogens with two attached hydrogens (primary N) is 1. The molecule has 1 fully saturated rings. The molecule has 1 saturated heterocycles. The lowest BCUT2D eigenvalue weighted by atomic mass is 10.1. The number of benzene rings is 1. The summed E-state index contributed by atoms with van der Waals surface area (Å²) in [5, 5.41) is 0. The Kier molecular flexibility index (Phi) is 4.76. The minimum atomic E-state index is -0.452. The molecule has 2 N–H and O–H groups in total. The van der Waals surface area contributed by atoms with Crippen LogP contribution in [0.25, 0.3) is 11.0 Å². The molecule has 0 atom stereocenters. The van der Waals surface area contributed by atoms with Gasteiger partial charge < -0.3 is 15.5 Å². The lowest BCUT2D eigenvalue weighted by Crippen LogP contribution is -2.44. The number of imidazole rings is 1. The molecule has 2 aromatic rings. The fourth-order valence-corrected chi connectivity index (χ4v) is 3.27. The Morgan fingerprint density at radius 3 is 2.58 bits per heavy atom. The Hall–Kier alpha value is -2.08. The minimum absolute atomic E-state index is 0.452. The summed E-state index contributed by atoms with van der Waals surface area (Å²) in [5.41, 5.74) is 8.45. The van der Waals surface area contributed by atoms with Crippen LogP contribution in [0, 0.1) is 5.92 Å². The molecular weight excluding hydrogens is 302 g/mol. The van der Waals surface area contributed by atoms with Crippen LogP contribution < -0.4 is 10.6 Å². The van der Waals surface area contributed by atoms with Crippen LogP contribution in [0.1, 0.15) is 26.1 Å². The van der Waals surface area contributed by atoms with Crippen LogP contribution in [0.3, 0.4) is 0 Å². The summed E-state index contributed by atoms with van der Waals surface area (Å²) in [4.78, 5) is 21.5. The molecule has 0 aliphatic carbocycles. The molecule has 1 aromatic heterocycles. The lowest BCUT2D eigenvalue weighted by molar-refractivity contribution is 0.250. The smallest absolute Gasteiger partial charge is 0.324 e. The van der Waals surface area contributed by atoms with E-state index in [1.807, 2.05) is 12.1 Å². The Labute approximate surface area is 143 Å². The highest BCUT2D eigenvalue weighted by Gasteiger charge is 2.21. The predicted molar refractivity (Wildman–Crippen MR) is 97.6 cm³/mol. The quantitative estimate of drug-likeness (QED) is 0.934. The number of hydrogen-bond donors (Lipinski definition) is 1. The first-order chi connectivity index (χ1) is 11.5. The predicted octanol–water partition coefficient (Wildman–Crippen LogP) is 2.30. The van der Waals surface area contributed by atoms with Crippen LogP contribution >= 0.6 is 0 Å². The summed E-state index contributed by atoms with van der Waals surface area (Å²) in [6, 6.07) is 5.57. The van der Waals surface area contributed by atoms with Crippen molar-refractivity contribution in [1.29, 1.82) is 0 Å². The van der Waals surface area contributed by atoms with Gasteiger partial charge in [-0.1, -0.05) is 19.9 Å². The SMILES string of the molecule is CC(C)CCc1nc2c(N3CCN(C)CC3)cccc2n1C(N)=O. The number of carbonyl (C=O) groups is 1. The van der Waals surface area contributed by atoms with Crippen LogP contribution in [0.2, 0.25) is 0 Å². The molecule has 0 radical (unpaired) electrons. The first-order valence-electron chi connectivity index (χ1n) is 8.71. The lowest BCUT2D eigenvalue weighted by Gasteiger charge is -2.34. The number of carbonyl (C=O) groups excluding carboxylic acids is 1. The Morgan fingerprint density at radius 2 is 1.96 bits per heavy atom. The zero-order valence-electron chi connectivity index (χ0n) is 14.8. The van der Waals surface area contributed by atoms with Crippen molar-refractivity contribution in [2.45, 2.75) is 26.7 Å². The van der Waals surface area contributed by atoms with Gasteiger partial charge in [-0.2, -0.15) is 0 Å². The van der Waals surface area contributed by atoms with Crippen molar-refractivity contribution in [2.75, 3.05) is 38.1 Å². The van der Waals surface area contributed by atoms with Crippen molar-refractivity contribution < 1.29 is 4.79 Å². The molecule has 24 heavy (non-hydrogen) atoms. The summed E-state index contributed by atoms with van der Waals surface area (Å²) < 4.78 is 1.58. The molecule has 1 aliphatic rings. The number of para-hydroxylation sites is 1. The second-order valence-electron chi connectivity index (χ2n) is 7.07. The number of anilines is 1. The van der Waals surface area contributed by atoms with Crippen molar-refractivity contribution in [1.82, 2.24) is 14.5 Å². The molecule has 1 aliphatic heterocycles. The highest BCUT2D eigenvalue weighted by atomic mass is 16.2. The molecule has 3 rings (SSSR count). The van der Waals surface area contributed by atoms with Crippen molar-refractivity contribution >= 4 is 22.8 Å². The Balaban J connectivity index is 2.02. The highest BCUT2D eigenvalue weighted by Crippen LogP contribution is 2.28. The van der Waals surface area contributed by atoms with Gasteiger partial charge in [0.15, 0.2) is 0 Å². The second kappa shape index (κ2) is 6.81. The van der Waals surface area contributed by atoms with E-state index in [0.29, 0.717) is 5.92 Å². The number of rotatable bonds is 4. The molecule has 0 bridgehead atoms. The van der Waals surface area contributed by atoms with Gasteiger partial charge in [-0.3, -0.25) is 0 Å². The van der Waals surface area contributed by atoms with Gasteiger partial charge in [0, 0.05) is 32.6 Å². The van der Waals surface area contributed by atoms with E-state index in [0.717, 1.165) is 61.6 Å². The van der Waals surface area contributed by atoms with E-state index in [1.165, 1.54) is 0 Å². The number of fused-ring (bicyclic) bond motifs is 1. The van der Waals surface area contributed by atoms with E-state index in [9.17, 15) is 4.79 Å². The van der Waals surface area contributed by atoms with Crippen molar-refractivity contribution in [2.24, 2.45) is 11.7 Å². The van der Waals surface area contributed by atoms with Gasteiger partial charge in [0.05, 0.1) is 11.2 Å². The molecule has 0 unspecified atom stereocenters. The number of hydrogen-bond acceptors (Lipinski definition) is 4. The van der Waals surface area contributed by atoms with Crippen LogP contribution in [0.15, 0.2) is 18.2 Å². The van der Waals surface area contributed by atoms with E-state index in [-0.39, 0.29) is 0 Å². The maximum Gasteiger partial charge on any atom is 0.324 e. The van der Waals surface area contributed by atoms with Crippen LogP contribution in [-0.2, 0) is 6.42 Å². The van der Waals surface area contributed by atoms with E-state index >= 15 is 0 Å². The third-order valence-corrected chi connectivity index (χ3v) is 4.74. The molecule has 0 spiro atoms. The first-order valence-corrected chi connectivity index (χ1v) is 8.71. The van der Waals surface area contributed by atoms with Gasteiger partial charge in [-0.25, -0.2) is 14.3 Å². The fourth-order valence-electron chi connectivity index (χ4n) is 3.27. The molecular formula is C18H27N5O. The van der Waals surface area contributed by atoms with Crippen molar-refractivity contribution in [3.8, 4) is 0 Å². The van der Waals surface area contributed by atoms with E-state index in [1.54, 1.807) is 4.57 Å². The number of aryl methyl sites for hydroxylation is 1. The average Bonchev–Trinajstić information content (AvgIpc) is 2.92. The molecule has 0 saturated carbocycles. The van der Waals surface area contributed by atoms with Crippen LogP contribution in [0.4, 0.5) is 10.5 Å². The zero-order valence-corrected chi connectivity index (χ0v) is 14.8. The van der Waals surface area contributed by atoms with Gasteiger partial charge in [0.25, 0.3) is 0 Å². The maximum absolute atomic E-state index is 12.0. The minimum Gasteiger partial charge on any atom is -0.367 e. The average molecular weight is 329 g/mol. The van der Waals surface area contributed by atoms with E-state index < -0.39 is 6.03 Å². The number of nitrogens with zero attached hydrogens (tertiary/aromatic N) is 4. The van der Waals surface area contributed by atoms with Crippen LogP contribution in [-0.4, -0.2) is 53.7 Å². The monoisotopic (exact) mass is 329 g/mol. The molecule has 6 heteroatoms.